The maximum absolute atomic E-state index is 8.68. The van der Waals surface area contributed by atoms with Gasteiger partial charge >= 0.3 is 0 Å². The van der Waals surface area contributed by atoms with Gasteiger partial charge in [0.15, 0.2) is 0 Å². The van der Waals surface area contributed by atoms with Crippen LogP contribution in [0.3, 0.4) is 0 Å². The number of hydrogen-bond acceptors (Lipinski definition) is 4. The smallest absolute Gasteiger partial charge is 0.101 e. The molecule has 0 spiro atoms. The standard InChI is InChI=1S/C9H14N2OS/c1-7(10)8-3-2-4-11-9(8)13-6-5-12/h2-4,7,12H,5-6,10H2,1H3/t7-/m1/s1. The number of aliphatic hydroxyl groups is 1. The highest BCUT2D eigenvalue weighted by molar-refractivity contribution is 7.99. The lowest BCUT2D eigenvalue weighted by Gasteiger charge is -2.09. The van der Waals surface area contributed by atoms with Crippen LogP contribution in [0.1, 0.15) is 18.5 Å². The van der Waals surface area contributed by atoms with E-state index in [1.54, 1.807) is 6.20 Å². The van der Waals surface area contributed by atoms with Crippen LogP contribution in [-0.4, -0.2) is 22.5 Å². The third-order valence-corrected chi connectivity index (χ3v) is 2.62. The number of aliphatic hydroxyl groups excluding tert-OH is 1. The highest BCUT2D eigenvalue weighted by atomic mass is 32.2. The largest absolute Gasteiger partial charge is 0.396 e. The lowest BCUT2D eigenvalue weighted by molar-refractivity contribution is 0.322. The van der Waals surface area contributed by atoms with E-state index in [0.717, 1.165) is 10.6 Å². The quantitative estimate of drug-likeness (QED) is 0.713. The minimum atomic E-state index is -0.00473. The molecule has 0 aliphatic rings. The summed E-state index contributed by atoms with van der Waals surface area (Å²) in [6, 6.07) is 3.84. The fourth-order valence-electron chi connectivity index (χ4n) is 1.01. The summed E-state index contributed by atoms with van der Waals surface area (Å²) in [6.45, 7) is 2.10. The monoisotopic (exact) mass is 198 g/mol. The number of nitrogens with zero attached hydrogens (tertiary/aromatic N) is 1. The number of hydrogen-bond donors (Lipinski definition) is 2. The van der Waals surface area contributed by atoms with Gasteiger partial charge in [-0.1, -0.05) is 6.07 Å². The SMILES string of the molecule is C[C@@H](N)c1cccnc1SCCO. The zero-order valence-corrected chi connectivity index (χ0v) is 8.42. The van der Waals surface area contributed by atoms with Crippen molar-refractivity contribution in [3.8, 4) is 0 Å². The molecule has 13 heavy (non-hydrogen) atoms. The van der Waals surface area contributed by atoms with E-state index in [-0.39, 0.29) is 12.6 Å². The predicted molar refractivity (Wildman–Crippen MR) is 54.6 cm³/mol. The van der Waals surface area contributed by atoms with Crippen molar-refractivity contribution in [2.45, 2.75) is 18.0 Å². The van der Waals surface area contributed by atoms with E-state index in [9.17, 15) is 0 Å². The number of nitrogens with two attached hydrogens (primary N) is 1. The molecule has 1 heterocycles. The minimum Gasteiger partial charge on any atom is -0.396 e. The van der Waals surface area contributed by atoms with Crippen LogP contribution in [-0.2, 0) is 0 Å². The topological polar surface area (TPSA) is 59.1 Å². The van der Waals surface area contributed by atoms with Crippen molar-refractivity contribution in [2.24, 2.45) is 5.73 Å². The second-order valence-corrected chi connectivity index (χ2v) is 3.84. The summed E-state index contributed by atoms with van der Waals surface area (Å²) >= 11 is 1.53. The van der Waals surface area contributed by atoms with Gasteiger partial charge in [-0.15, -0.1) is 11.8 Å². The Morgan fingerprint density at radius 3 is 3.08 bits per heavy atom. The second kappa shape index (κ2) is 5.21. The summed E-state index contributed by atoms with van der Waals surface area (Å²) in [7, 11) is 0. The van der Waals surface area contributed by atoms with E-state index in [4.69, 9.17) is 10.8 Å². The second-order valence-electron chi connectivity index (χ2n) is 2.76. The molecule has 3 nitrogen and oxygen atoms in total. The van der Waals surface area contributed by atoms with E-state index in [1.165, 1.54) is 11.8 Å². The Bertz CT molecular complexity index is 266. The van der Waals surface area contributed by atoms with Gasteiger partial charge in [0.25, 0.3) is 0 Å². The normalized spacial score (nSPS) is 12.8. The van der Waals surface area contributed by atoms with Crippen LogP contribution in [0.15, 0.2) is 23.4 Å². The molecule has 0 bridgehead atoms. The molecule has 0 fully saturated rings. The maximum Gasteiger partial charge on any atom is 0.101 e. The lowest BCUT2D eigenvalue weighted by Crippen LogP contribution is -2.07. The first kappa shape index (κ1) is 10.5. The molecule has 0 saturated heterocycles. The lowest BCUT2D eigenvalue weighted by atomic mass is 10.2. The van der Waals surface area contributed by atoms with Crippen molar-refractivity contribution in [1.82, 2.24) is 4.98 Å². The van der Waals surface area contributed by atoms with Crippen LogP contribution in [0.4, 0.5) is 0 Å². The molecular weight excluding hydrogens is 184 g/mol. The molecule has 1 aromatic heterocycles. The molecule has 0 saturated carbocycles. The molecule has 72 valence electrons. The fourth-order valence-corrected chi connectivity index (χ4v) is 1.85. The van der Waals surface area contributed by atoms with Gasteiger partial charge in [0.2, 0.25) is 0 Å². The van der Waals surface area contributed by atoms with Crippen LogP contribution in [0.5, 0.6) is 0 Å². The first-order valence-corrected chi connectivity index (χ1v) is 5.18. The zero-order chi connectivity index (χ0) is 9.68. The Hall–Kier alpha value is -0.580. The average molecular weight is 198 g/mol. The van der Waals surface area contributed by atoms with Crippen LogP contribution in [0.2, 0.25) is 0 Å². The van der Waals surface area contributed by atoms with Gasteiger partial charge in [-0.3, -0.25) is 0 Å². The van der Waals surface area contributed by atoms with E-state index >= 15 is 0 Å². The first-order valence-electron chi connectivity index (χ1n) is 4.20. The van der Waals surface area contributed by atoms with Crippen LogP contribution < -0.4 is 5.73 Å². The molecular formula is C9H14N2OS. The van der Waals surface area contributed by atoms with Crippen molar-refractivity contribution in [2.75, 3.05) is 12.4 Å². The predicted octanol–water partition coefficient (Wildman–Crippen LogP) is 1.19. The van der Waals surface area contributed by atoms with Gasteiger partial charge < -0.3 is 10.8 Å². The highest BCUT2D eigenvalue weighted by Crippen LogP contribution is 2.23. The Balaban J connectivity index is 2.78. The molecule has 0 unspecified atom stereocenters. The molecule has 0 aliphatic heterocycles. The minimum absolute atomic E-state index is 0.00473. The number of rotatable bonds is 4. The van der Waals surface area contributed by atoms with Gasteiger partial charge in [0.1, 0.15) is 5.03 Å². The average Bonchev–Trinajstić information content (AvgIpc) is 2.15. The fraction of sp³-hybridized carbons (Fsp3) is 0.444. The van der Waals surface area contributed by atoms with Crippen molar-refractivity contribution in [3.63, 3.8) is 0 Å². The summed E-state index contributed by atoms with van der Waals surface area (Å²) in [6.07, 6.45) is 1.74. The van der Waals surface area contributed by atoms with Crippen LogP contribution in [0, 0.1) is 0 Å². The Kier molecular flexibility index (Phi) is 4.21. The van der Waals surface area contributed by atoms with Gasteiger partial charge in [-0.2, -0.15) is 0 Å². The summed E-state index contributed by atoms with van der Waals surface area (Å²) in [4.78, 5) is 4.21. The van der Waals surface area contributed by atoms with Crippen LogP contribution in [0.25, 0.3) is 0 Å². The zero-order valence-electron chi connectivity index (χ0n) is 7.60. The Labute approximate surface area is 82.4 Å². The Morgan fingerprint density at radius 1 is 1.69 bits per heavy atom. The maximum atomic E-state index is 8.68. The van der Waals surface area contributed by atoms with Gasteiger partial charge in [-0.05, 0) is 13.0 Å². The molecule has 1 rings (SSSR count). The molecule has 1 atom stereocenters. The van der Waals surface area contributed by atoms with Crippen LogP contribution >= 0.6 is 11.8 Å². The van der Waals surface area contributed by atoms with Crippen molar-refractivity contribution in [3.05, 3.63) is 23.9 Å². The van der Waals surface area contributed by atoms with E-state index in [0.29, 0.717) is 5.75 Å². The number of pyridine rings is 1. The third kappa shape index (κ3) is 2.99. The molecule has 0 amide bonds. The van der Waals surface area contributed by atoms with Gasteiger partial charge in [0, 0.05) is 23.6 Å². The number of aromatic nitrogens is 1. The Morgan fingerprint density at radius 2 is 2.46 bits per heavy atom. The van der Waals surface area contributed by atoms with Gasteiger partial charge in [-0.25, -0.2) is 4.98 Å². The van der Waals surface area contributed by atoms with Crippen molar-refractivity contribution >= 4 is 11.8 Å². The number of thioether (sulfide) groups is 1. The van der Waals surface area contributed by atoms with Gasteiger partial charge in [0.05, 0.1) is 6.61 Å². The van der Waals surface area contributed by atoms with E-state index < -0.39 is 0 Å². The molecule has 0 aromatic carbocycles. The first-order chi connectivity index (χ1) is 6.25. The molecule has 0 aliphatic carbocycles. The molecule has 0 radical (unpaired) electrons. The summed E-state index contributed by atoms with van der Waals surface area (Å²) in [5, 5.41) is 9.60. The summed E-state index contributed by atoms with van der Waals surface area (Å²) in [5.74, 6) is 0.663. The highest BCUT2D eigenvalue weighted by Gasteiger charge is 2.06. The van der Waals surface area contributed by atoms with E-state index in [2.05, 4.69) is 4.98 Å². The van der Waals surface area contributed by atoms with E-state index in [1.807, 2.05) is 19.1 Å². The van der Waals surface area contributed by atoms with Crippen molar-refractivity contribution < 1.29 is 5.11 Å². The third-order valence-electron chi connectivity index (χ3n) is 1.62. The molecule has 4 heteroatoms. The molecule has 1 aromatic rings. The summed E-state index contributed by atoms with van der Waals surface area (Å²) in [5.41, 5.74) is 6.81. The van der Waals surface area contributed by atoms with Crippen molar-refractivity contribution in [1.29, 1.82) is 0 Å². The summed E-state index contributed by atoms with van der Waals surface area (Å²) < 4.78 is 0. The molecule has 3 N–H and O–H groups in total.